The van der Waals surface area contributed by atoms with E-state index in [0.717, 1.165) is 18.5 Å². The van der Waals surface area contributed by atoms with Gasteiger partial charge >= 0.3 is 0 Å². The Hall–Kier alpha value is -1.26. The molecule has 0 fully saturated rings. The zero-order valence-electron chi connectivity index (χ0n) is 12.3. The summed E-state index contributed by atoms with van der Waals surface area (Å²) in [7, 11) is 0. The van der Waals surface area contributed by atoms with Gasteiger partial charge in [-0.25, -0.2) is 0 Å². The van der Waals surface area contributed by atoms with Crippen LogP contribution in [0, 0.1) is 17.3 Å². The molecule has 0 aliphatic heterocycles. The Bertz CT molecular complexity index is 412. The van der Waals surface area contributed by atoms with E-state index < -0.39 is 0 Å². The molecule has 0 bridgehead atoms. The van der Waals surface area contributed by atoms with Crippen LogP contribution in [0.2, 0.25) is 0 Å². The number of hydrogen-bond acceptors (Lipinski definition) is 1. The summed E-state index contributed by atoms with van der Waals surface area (Å²) in [6.45, 7) is 12.0. The summed E-state index contributed by atoms with van der Waals surface area (Å²) in [6.07, 6.45) is 1.13. The molecule has 0 saturated heterocycles. The Morgan fingerprint density at radius 3 is 2.17 bits per heavy atom. The number of nitrogens with one attached hydrogen (secondary N) is 1. The van der Waals surface area contributed by atoms with Crippen LogP contribution in [-0.2, 0) is 0 Å². The molecule has 0 unspecified atom stereocenters. The van der Waals surface area contributed by atoms with E-state index in [-0.39, 0.29) is 5.54 Å². The minimum Gasteiger partial charge on any atom is -0.301 e. The van der Waals surface area contributed by atoms with Crippen LogP contribution in [0.4, 0.5) is 0 Å². The Morgan fingerprint density at radius 2 is 1.61 bits per heavy atom. The van der Waals surface area contributed by atoms with Gasteiger partial charge in [-0.3, -0.25) is 0 Å². The first-order chi connectivity index (χ1) is 8.29. The van der Waals surface area contributed by atoms with Gasteiger partial charge in [0.05, 0.1) is 6.54 Å². The van der Waals surface area contributed by atoms with Crippen molar-refractivity contribution in [3.8, 4) is 11.8 Å². The molecule has 0 aromatic heterocycles. The van der Waals surface area contributed by atoms with Crippen LogP contribution >= 0.6 is 0 Å². The lowest BCUT2D eigenvalue weighted by Crippen LogP contribution is -2.42. The Labute approximate surface area is 112 Å². The largest absolute Gasteiger partial charge is 0.301 e. The smallest absolute Gasteiger partial charge is 0.0584 e. The van der Waals surface area contributed by atoms with Gasteiger partial charge in [-0.1, -0.05) is 50.8 Å². The molecule has 1 aromatic rings. The zero-order chi connectivity index (χ0) is 13.6. The van der Waals surface area contributed by atoms with E-state index in [1.165, 1.54) is 0 Å². The SMILES string of the molecule is CC(C)(C)CC(C)(C)NCC#Cc1ccccc1. The number of benzene rings is 1. The molecular weight excluding hydrogens is 218 g/mol. The summed E-state index contributed by atoms with van der Waals surface area (Å²) in [6, 6.07) is 10.1. The zero-order valence-corrected chi connectivity index (χ0v) is 12.3. The summed E-state index contributed by atoms with van der Waals surface area (Å²) >= 11 is 0. The monoisotopic (exact) mass is 243 g/mol. The predicted octanol–water partition coefficient (Wildman–Crippen LogP) is 3.84. The van der Waals surface area contributed by atoms with Gasteiger partial charge in [-0.2, -0.15) is 0 Å². The van der Waals surface area contributed by atoms with Crippen LogP contribution in [0.1, 0.15) is 46.6 Å². The highest BCUT2D eigenvalue weighted by Gasteiger charge is 2.24. The average molecular weight is 243 g/mol. The molecule has 0 aliphatic rings. The Kier molecular flexibility index (Phi) is 4.99. The average Bonchev–Trinajstić information content (AvgIpc) is 2.23. The first-order valence-electron chi connectivity index (χ1n) is 6.57. The van der Waals surface area contributed by atoms with E-state index >= 15 is 0 Å². The molecule has 1 rings (SSSR count). The third-order valence-corrected chi connectivity index (χ3v) is 2.63. The van der Waals surface area contributed by atoms with E-state index in [9.17, 15) is 0 Å². The van der Waals surface area contributed by atoms with Crippen molar-refractivity contribution >= 4 is 0 Å². The second-order valence-electron chi connectivity index (χ2n) is 6.64. The maximum atomic E-state index is 3.51. The highest BCUT2D eigenvalue weighted by molar-refractivity contribution is 5.33. The lowest BCUT2D eigenvalue weighted by atomic mass is 9.82. The topological polar surface area (TPSA) is 12.0 Å². The minimum atomic E-state index is 0.129. The van der Waals surface area contributed by atoms with Crippen molar-refractivity contribution in [2.24, 2.45) is 5.41 Å². The van der Waals surface area contributed by atoms with Crippen LogP contribution < -0.4 is 5.32 Å². The van der Waals surface area contributed by atoms with Gasteiger partial charge in [0.15, 0.2) is 0 Å². The Morgan fingerprint density at radius 1 is 1.00 bits per heavy atom. The quantitative estimate of drug-likeness (QED) is 0.795. The van der Waals surface area contributed by atoms with Crippen molar-refractivity contribution in [3.05, 3.63) is 35.9 Å². The second kappa shape index (κ2) is 6.07. The molecule has 98 valence electrons. The normalized spacial score (nSPS) is 11.8. The molecule has 0 amide bonds. The van der Waals surface area contributed by atoms with Crippen molar-refractivity contribution in [1.82, 2.24) is 5.32 Å². The Balaban J connectivity index is 2.45. The molecule has 1 N–H and O–H groups in total. The molecule has 1 nitrogen and oxygen atoms in total. The van der Waals surface area contributed by atoms with Crippen LogP contribution in [-0.4, -0.2) is 12.1 Å². The van der Waals surface area contributed by atoms with Crippen LogP contribution in [0.5, 0.6) is 0 Å². The molecule has 1 aromatic carbocycles. The molecule has 0 spiro atoms. The third-order valence-electron chi connectivity index (χ3n) is 2.63. The molecule has 18 heavy (non-hydrogen) atoms. The number of hydrogen-bond donors (Lipinski definition) is 1. The lowest BCUT2D eigenvalue weighted by Gasteiger charge is -2.32. The molecular formula is C17H25N. The molecule has 0 radical (unpaired) electrons. The maximum Gasteiger partial charge on any atom is 0.0584 e. The third kappa shape index (κ3) is 6.47. The fourth-order valence-electron chi connectivity index (χ4n) is 2.34. The van der Waals surface area contributed by atoms with E-state index in [1.807, 2.05) is 30.3 Å². The van der Waals surface area contributed by atoms with Gasteiger partial charge in [0, 0.05) is 11.1 Å². The minimum absolute atomic E-state index is 0.129. The first-order valence-corrected chi connectivity index (χ1v) is 6.57. The highest BCUT2D eigenvalue weighted by Crippen LogP contribution is 2.26. The molecule has 0 aliphatic carbocycles. The standard InChI is InChI=1S/C17H25N/c1-16(2,3)14-17(4,5)18-13-9-12-15-10-7-6-8-11-15/h6-8,10-11,18H,13-14H2,1-5H3. The number of rotatable bonds is 3. The second-order valence-corrected chi connectivity index (χ2v) is 6.64. The van der Waals surface area contributed by atoms with Crippen molar-refractivity contribution in [1.29, 1.82) is 0 Å². The van der Waals surface area contributed by atoms with Gasteiger partial charge in [-0.15, -0.1) is 0 Å². The fraction of sp³-hybridized carbons (Fsp3) is 0.529. The van der Waals surface area contributed by atoms with Gasteiger partial charge in [0.25, 0.3) is 0 Å². The first kappa shape index (κ1) is 14.8. The van der Waals surface area contributed by atoms with Crippen LogP contribution in [0.15, 0.2) is 30.3 Å². The van der Waals surface area contributed by atoms with Crippen molar-refractivity contribution < 1.29 is 0 Å². The van der Waals surface area contributed by atoms with E-state index in [1.54, 1.807) is 0 Å². The van der Waals surface area contributed by atoms with Crippen molar-refractivity contribution in [2.75, 3.05) is 6.54 Å². The summed E-state index contributed by atoms with van der Waals surface area (Å²) in [4.78, 5) is 0. The van der Waals surface area contributed by atoms with Gasteiger partial charge in [0.2, 0.25) is 0 Å². The molecule has 1 heteroatoms. The van der Waals surface area contributed by atoms with E-state index in [0.29, 0.717) is 5.41 Å². The predicted molar refractivity (Wildman–Crippen MR) is 79.5 cm³/mol. The molecule has 0 saturated carbocycles. The molecule has 0 heterocycles. The molecule has 0 atom stereocenters. The summed E-state index contributed by atoms with van der Waals surface area (Å²) in [5.41, 5.74) is 1.54. The van der Waals surface area contributed by atoms with Gasteiger partial charge in [-0.05, 0) is 37.8 Å². The fourth-order valence-corrected chi connectivity index (χ4v) is 2.34. The summed E-state index contributed by atoms with van der Waals surface area (Å²) in [5, 5.41) is 3.51. The van der Waals surface area contributed by atoms with Crippen LogP contribution in [0.25, 0.3) is 0 Å². The van der Waals surface area contributed by atoms with E-state index in [4.69, 9.17) is 0 Å². The van der Waals surface area contributed by atoms with Gasteiger partial charge < -0.3 is 5.32 Å². The van der Waals surface area contributed by atoms with Gasteiger partial charge in [0.1, 0.15) is 0 Å². The summed E-state index contributed by atoms with van der Waals surface area (Å²) in [5.74, 6) is 6.35. The van der Waals surface area contributed by atoms with Crippen LogP contribution in [0.3, 0.4) is 0 Å². The highest BCUT2D eigenvalue weighted by atomic mass is 14.9. The summed E-state index contributed by atoms with van der Waals surface area (Å²) < 4.78 is 0. The maximum absolute atomic E-state index is 3.51. The lowest BCUT2D eigenvalue weighted by molar-refractivity contribution is 0.249. The van der Waals surface area contributed by atoms with E-state index in [2.05, 4.69) is 51.8 Å². The van der Waals surface area contributed by atoms with Crippen molar-refractivity contribution in [2.45, 2.75) is 46.6 Å². The van der Waals surface area contributed by atoms with Crippen molar-refractivity contribution in [3.63, 3.8) is 0 Å².